The Morgan fingerprint density at radius 3 is 2.03 bits per heavy atom. The predicted octanol–water partition coefficient (Wildman–Crippen LogP) is 7.36. The maximum absolute atomic E-state index is 2.46. The van der Waals surface area contributed by atoms with E-state index in [1.54, 1.807) is 0 Å². The molecule has 0 bridgehead atoms. The maximum atomic E-state index is 2.46. The van der Waals surface area contributed by atoms with E-state index in [0.717, 1.165) is 6.54 Å². The molecule has 1 unspecified atom stereocenters. The largest absolute Gasteiger partial charge is 0.291 e. The molecule has 4 rings (SSSR count). The van der Waals surface area contributed by atoms with Crippen molar-refractivity contribution in [3.8, 4) is 0 Å². The Balaban J connectivity index is 1.72. The lowest BCUT2D eigenvalue weighted by Gasteiger charge is -2.30. The molecule has 152 valence electrons. The average molecular weight is 394 g/mol. The smallest absolute Gasteiger partial charge is 0.0608 e. The van der Waals surface area contributed by atoms with Crippen molar-refractivity contribution >= 4 is 10.8 Å². The summed E-state index contributed by atoms with van der Waals surface area (Å²) in [6, 6.07) is 35.5. The molecule has 0 aliphatic carbocycles. The summed E-state index contributed by atoms with van der Waals surface area (Å²) in [5.74, 6) is 0. The minimum atomic E-state index is 0.181. The van der Waals surface area contributed by atoms with Crippen LogP contribution in [0, 0.1) is 0 Å². The molecule has 0 fully saturated rings. The topological polar surface area (TPSA) is 3.24 Å². The zero-order valence-electron chi connectivity index (χ0n) is 18.5. The monoisotopic (exact) mass is 393 g/mol. The Kier molecular flexibility index (Phi) is 5.74. The number of benzene rings is 4. The SMILES string of the molecule is CN(Cc1ccc(C(C)(C)C)cc1)C(c1ccccc1)c1cccc2ccccc12. The number of hydrogen-bond donors (Lipinski definition) is 0. The minimum Gasteiger partial charge on any atom is -0.291 e. The molecule has 0 heterocycles. The Bertz CT molecular complexity index is 1100. The normalized spacial score (nSPS) is 13.0. The Morgan fingerprint density at radius 2 is 1.33 bits per heavy atom. The van der Waals surface area contributed by atoms with E-state index in [-0.39, 0.29) is 11.5 Å². The lowest BCUT2D eigenvalue weighted by atomic mass is 9.86. The van der Waals surface area contributed by atoms with Crippen molar-refractivity contribution in [2.45, 2.75) is 38.8 Å². The van der Waals surface area contributed by atoms with E-state index in [1.165, 1.54) is 33.0 Å². The second-order valence-electron chi connectivity index (χ2n) is 9.24. The zero-order valence-corrected chi connectivity index (χ0v) is 18.5. The van der Waals surface area contributed by atoms with Gasteiger partial charge in [-0.1, -0.05) is 118 Å². The van der Waals surface area contributed by atoms with Crippen molar-refractivity contribution in [1.29, 1.82) is 0 Å². The molecule has 30 heavy (non-hydrogen) atoms. The van der Waals surface area contributed by atoms with Crippen LogP contribution in [0.1, 0.15) is 49.1 Å². The molecule has 0 radical (unpaired) electrons. The molecule has 1 nitrogen and oxygen atoms in total. The van der Waals surface area contributed by atoms with Crippen LogP contribution in [0.25, 0.3) is 10.8 Å². The first-order valence-corrected chi connectivity index (χ1v) is 10.8. The quantitative estimate of drug-likeness (QED) is 0.342. The van der Waals surface area contributed by atoms with Crippen LogP contribution in [-0.2, 0) is 12.0 Å². The van der Waals surface area contributed by atoms with Gasteiger partial charge in [-0.2, -0.15) is 0 Å². The maximum Gasteiger partial charge on any atom is 0.0608 e. The van der Waals surface area contributed by atoms with Gasteiger partial charge in [0.05, 0.1) is 6.04 Å². The average Bonchev–Trinajstić information content (AvgIpc) is 2.75. The van der Waals surface area contributed by atoms with Gasteiger partial charge in [0.2, 0.25) is 0 Å². The summed E-state index contributed by atoms with van der Waals surface area (Å²) in [7, 11) is 2.23. The molecule has 0 saturated heterocycles. The first kappa shape index (κ1) is 20.4. The van der Waals surface area contributed by atoms with E-state index in [4.69, 9.17) is 0 Å². The second-order valence-corrected chi connectivity index (χ2v) is 9.24. The summed E-state index contributed by atoms with van der Waals surface area (Å²) in [6.07, 6.45) is 0. The molecule has 0 aliphatic rings. The van der Waals surface area contributed by atoms with Gasteiger partial charge in [0.25, 0.3) is 0 Å². The van der Waals surface area contributed by atoms with Gasteiger partial charge in [0.15, 0.2) is 0 Å². The van der Waals surface area contributed by atoms with E-state index in [1.807, 2.05) is 0 Å². The molecule has 1 heteroatoms. The van der Waals surface area contributed by atoms with Crippen LogP contribution >= 0.6 is 0 Å². The summed E-state index contributed by atoms with van der Waals surface area (Å²) < 4.78 is 0. The van der Waals surface area contributed by atoms with E-state index in [9.17, 15) is 0 Å². The number of nitrogens with zero attached hydrogens (tertiary/aromatic N) is 1. The van der Waals surface area contributed by atoms with Gasteiger partial charge in [-0.3, -0.25) is 4.90 Å². The van der Waals surface area contributed by atoms with Crippen LogP contribution in [0.5, 0.6) is 0 Å². The second kappa shape index (κ2) is 8.45. The Morgan fingerprint density at radius 1 is 0.700 bits per heavy atom. The van der Waals surface area contributed by atoms with Gasteiger partial charge in [0.1, 0.15) is 0 Å². The molecule has 0 aliphatic heterocycles. The van der Waals surface area contributed by atoms with Gasteiger partial charge >= 0.3 is 0 Å². The summed E-state index contributed by atoms with van der Waals surface area (Å²) >= 11 is 0. The van der Waals surface area contributed by atoms with E-state index in [2.05, 4.69) is 130 Å². The van der Waals surface area contributed by atoms with E-state index < -0.39 is 0 Å². The van der Waals surface area contributed by atoms with Crippen molar-refractivity contribution < 1.29 is 0 Å². The van der Waals surface area contributed by atoms with E-state index in [0.29, 0.717) is 0 Å². The first-order chi connectivity index (χ1) is 14.4. The zero-order chi connectivity index (χ0) is 21.1. The highest BCUT2D eigenvalue weighted by atomic mass is 15.1. The number of rotatable bonds is 5. The highest BCUT2D eigenvalue weighted by molar-refractivity contribution is 5.86. The first-order valence-electron chi connectivity index (χ1n) is 10.8. The van der Waals surface area contributed by atoms with Gasteiger partial charge in [-0.15, -0.1) is 0 Å². The third-order valence-electron chi connectivity index (χ3n) is 5.93. The van der Waals surface area contributed by atoms with Gasteiger partial charge in [-0.25, -0.2) is 0 Å². The molecule has 4 aromatic rings. The molecular formula is C29H31N. The number of fused-ring (bicyclic) bond motifs is 1. The van der Waals surface area contributed by atoms with Crippen molar-refractivity contribution in [3.63, 3.8) is 0 Å². The Hall–Kier alpha value is -2.90. The molecule has 0 spiro atoms. The number of hydrogen-bond acceptors (Lipinski definition) is 1. The van der Waals surface area contributed by atoms with E-state index >= 15 is 0 Å². The Labute approximate surface area is 181 Å². The van der Waals surface area contributed by atoms with Crippen LogP contribution in [-0.4, -0.2) is 11.9 Å². The van der Waals surface area contributed by atoms with Gasteiger partial charge < -0.3 is 0 Å². The van der Waals surface area contributed by atoms with Crippen LogP contribution in [0.3, 0.4) is 0 Å². The lowest BCUT2D eigenvalue weighted by Crippen LogP contribution is -2.25. The highest BCUT2D eigenvalue weighted by Crippen LogP contribution is 2.34. The summed E-state index contributed by atoms with van der Waals surface area (Å²) in [5.41, 5.74) is 5.57. The van der Waals surface area contributed by atoms with Crippen molar-refractivity contribution in [1.82, 2.24) is 4.90 Å². The van der Waals surface area contributed by atoms with Gasteiger partial charge in [0, 0.05) is 6.54 Å². The van der Waals surface area contributed by atoms with Crippen molar-refractivity contribution in [2.75, 3.05) is 7.05 Å². The molecular weight excluding hydrogens is 362 g/mol. The standard InChI is InChI=1S/C29H31N/c1-29(2,3)25-19-17-22(18-20-25)21-30(4)28(24-12-6-5-7-13-24)27-16-10-14-23-11-8-9-15-26(23)27/h5-20,28H,21H2,1-4H3. The minimum absolute atomic E-state index is 0.181. The summed E-state index contributed by atoms with van der Waals surface area (Å²) in [6.45, 7) is 7.69. The van der Waals surface area contributed by atoms with Gasteiger partial charge in [-0.05, 0) is 45.5 Å². The van der Waals surface area contributed by atoms with Crippen LogP contribution in [0.4, 0.5) is 0 Å². The lowest BCUT2D eigenvalue weighted by molar-refractivity contribution is 0.272. The predicted molar refractivity (Wildman–Crippen MR) is 129 cm³/mol. The fourth-order valence-electron chi connectivity index (χ4n) is 4.29. The third-order valence-corrected chi connectivity index (χ3v) is 5.93. The van der Waals surface area contributed by atoms with Crippen LogP contribution in [0.15, 0.2) is 97.1 Å². The fourth-order valence-corrected chi connectivity index (χ4v) is 4.29. The molecule has 0 amide bonds. The molecule has 4 aromatic carbocycles. The third kappa shape index (κ3) is 4.32. The van der Waals surface area contributed by atoms with Crippen LogP contribution < -0.4 is 0 Å². The fraction of sp³-hybridized carbons (Fsp3) is 0.241. The van der Waals surface area contributed by atoms with Crippen molar-refractivity contribution in [2.24, 2.45) is 0 Å². The molecule has 0 N–H and O–H groups in total. The highest BCUT2D eigenvalue weighted by Gasteiger charge is 2.21. The molecule has 0 saturated carbocycles. The van der Waals surface area contributed by atoms with Crippen molar-refractivity contribution in [3.05, 3.63) is 119 Å². The molecule has 1 atom stereocenters. The summed E-state index contributed by atoms with van der Waals surface area (Å²) in [4.78, 5) is 2.46. The summed E-state index contributed by atoms with van der Waals surface area (Å²) in [5, 5.41) is 2.61. The molecule has 0 aromatic heterocycles. The van der Waals surface area contributed by atoms with Crippen LogP contribution in [0.2, 0.25) is 0 Å².